The van der Waals surface area contributed by atoms with Crippen LogP contribution in [-0.2, 0) is 11.3 Å². The fourth-order valence-corrected chi connectivity index (χ4v) is 3.52. The minimum atomic E-state index is -0.398. The number of carbonyl (C=O) groups excluding carboxylic acids is 1. The van der Waals surface area contributed by atoms with Gasteiger partial charge in [-0.15, -0.1) is 10.2 Å². The number of nitrogens with two attached hydrogens (primary N) is 1. The fraction of sp³-hybridized carbons (Fsp3) is 0.211. The Balaban J connectivity index is 1.69. The van der Waals surface area contributed by atoms with Crippen LogP contribution in [0.3, 0.4) is 0 Å². The summed E-state index contributed by atoms with van der Waals surface area (Å²) in [5, 5.41) is 8.07. The Bertz CT molecular complexity index is 931. The molecule has 0 aliphatic carbocycles. The molecule has 0 aliphatic rings. The zero-order chi connectivity index (χ0) is 19.4. The largest absolute Gasteiger partial charge is 0.340 e. The van der Waals surface area contributed by atoms with Crippen molar-refractivity contribution < 1.29 is 9.18 Å². The molecular weight excluding hydrogens is 365 g/mol. The van der Waals surface area contributed by atoms with E-state index in [1.54, 1.807) is 31.0 Å². The molecule has 140 valence electrons. The summed E-state index contributed by atoms with van der Waals surface area (Å²) in [6.07, 6.45) is 0. The van der Waals surface area contributed by atoms with E-state index in [1.165, 1.54) is 28.6 Å². The summed E-state index contributed by atoms with van der Waals surface area (Å²) < 4.78 is 14.7. The first-order valence-corrected chi connectivity index (χ1v) is 9.25. The molecule has 0 fully saturated rings. The molecule has 27 heavy (non-hydrogen) atoms. The molecule has 3 rings (SSSR count). The molecule has 2 N–H and O–H groups in total. The topological polar surface area (TPSA) is 77.0 Å². The number of nitrogen functional groups attached to an aromatic ring is 1. The number of benzene rings is 2. The predicted octanol–water partition coefficient (Wildman–Crippen LogP) is 2.94. The lowest BCUT2D eigenvalue weighted by molar-refractivity contribution is -0.129. The summed E-state index contributed by atoms with van der Waals surface area (Å²) in [4.78, 5) is 14.3. The van der Waals surface area contributed by atoms with E-state index >= 15 is 0 Å². The lowest BCUT2D eigenvalue weighted by Gasteiger charge is -2.21. The van der Waals surface area contributed by atoms with Crippen LogP contribution in [0.5, 0.6) is 0 Å². The quantitative estimate of drug-likeness (QED) is 0.521. The molecule has 0 saturated heterocycles. The van der Waals surface area contributed by atoms with Crippen molar-refractivity contribution in [3.8, 4) is 11.4 Å². The van der Waals surface area contributed by atoms with E-state index in [0.29, 0.717) is 23.1 Å². The van der Waals surface area contributed by atoms with Gasteiger partial charge in [0.15, 0.2) is 5.82 Å². The molecule has 0 unspecified atom stereocenters. The van der Waals surface area contributed by atoms with Crippen LogP contribution < -0.4 is 5.84 Å². The molecule has 1 heterocycles. The second kappa shape index (κ2) is 8.22. The normalized spacial score (nSPS) is 12.0. The first-order valence-electron chi connectivity index (χ1n) is 8.37. The van der Waals surface area contributed by atoms with Crippen LogP contribution in [0, 0.1) is 5.82 Å². The monoisotopic (exact) mass is 385 g/mol. The summed E-state index contributed by atoms with van der Waals surface area (Å²) in [5.41, 5.74) is 1.58. The van der Waals surface area contributed by atoms with Crippen molar-refractivity contribution in [2.24, 2.45) is 0 Å². The number of halogens is 1. The summed E-state index contributed by atoms with van der Waals surface area (Å²) in [5.74, 6) is 5.98. The van der Waals surface area contributed by atoms with Crippen molar-refractivity contribution in [2.45, 2.75) is 23.9 Å². The van der Waals surface area contributed by atoms with Crippen molar-refractivity contribution in [1.29, 1.82) is 0 Å². The number of nitrogens with zero attached hydrogens (tertiary/aromatic N) is 4. The molecule has 0 spiro atoms. The summed E-state index contributed by atoms with van der Waals surface area (Å²) >= 11 is 1.22. The van der Waals surface area contributed by atoms with Gasteiger partial charge in [0.25, 0.3) is 0 Å². The Morgan fingerprint density at radius 3 is 2.67 bits per heavy atom. The van der Waals surface area contributed by atoms with Crippen LogP contribution in [-0.4, -0.2) is 38.0 Å². The maximum atomic E-state index is 13.4. The third-order valence-corrected chi connectivity index (χ3v) is 5.06. The van der Waals surface area contributed by atoms with Crippen LogP contribution in [0.15, 0.2) is 59.8 Å². The maximum absolute atomic E-state index is 13.4. The van der Waals surface area contributed by atoms with Gasteiger partial charge in [-0.3, -0.25) is 4.79 Å². The Labute approximate surface area is 161 Å². The molecule has 1 aromatic heterocycles. The first-order chi connectivity index (χ1) is 13.0. The molecule has 0 radical (unpaired) electrons. The zero-order valence-corrected chi connectivity index (χ0v) is 15.9. The van der Waals surface area contributed by atoms with Gasteiger partial charge in [-0.25, -0.2) is 9.07 Å². The smallest absolute Gasteiger partial charge is 0.235 e. The number of hydrogen-bond donors (Lipinski definition) is 1. The Kier molecular flexibility index (Phi) is 5.75. The lowest BCUT2D eigenvalue weighted by Crippen LogP contribution is -2.33. The van der Waals surface area contributed by atoms with E-state index in [9.17, 15) is 9.18 Å². The van der Waals surface area contributed by atoms with Gasteiger partial charge in [-0.1, -0.05) is 54.2 Å². The van der Waals surface area contributed by atoms with E-state index < -0.39 is 5.25 Å². The van der Waals surface area contributed by atoms with Gasteiger partial charge >= 0.3 is 0 Å². The molecule has 6 nitrogen and oxygen atoms in total. The highest BCUT2D eigenvalue weighted by Crippen LogP contribution is 2.26. The average Bonchev–Trinajstić information content (AvgIpc) is 3.02. The highest BCUT2D eigenvalue weighted by molar-refractivity contribution is 8.00. The van der Waals surface area contributed by atoms with Crippen LogP contribution in [0.4, 0.5) is 4.39 Å². The van der Waals surface area contributed by atoms with Crippen molar-refractivity contribution in [1.82, 2.24) is 19.8 Å². The molecule has 0 aliphatic heterocycles. The van der Waals surface area contributed by atoms with E-state index in [2.05, 4.69) is 10.2 Å². The molecule has 1 atom stereocenters. The third kappa shape index (κ3) is 4.46. The number of aromatic nitrogens is 3. The lowest BCUT2D eigenvalue weighted by atomic mass is 10.2. The molecule has 0 saturated carbocycles. The second-order valence-corrected chi connectivity index (χ2v) is 7.43. The van der Waals surface area contributed by atoms with Crippen LogP contribution in [0.25, 0.3) is 11.4 Å². The molecular formula is C19H20FN5OS. The number of thioether (sulfide) groups is 1. The summed E-state index contributed by atoms with van der Waals surface area (Å²) in [6.45, 7) is 2.32. The van der Waals surface area contributed by atoms with Gasteiger partial charge in [-0.2, -0.15) is 0 Å². The summed E-state index contributed by atoms with van der Waals surface area (Å²) in [6, 6.07) is 15.7. The minimum absolute atomic E-state index is 0.0424. The minimum Gasteiger partial charge on any atom is -0.340 e. The fourth-order valence-electron chi connectivity index (χ4n) is 2.64. The van der Waals surface area contributed by atoms with Crippen molar-refractivity contribution in [3.63, 3.8) is 0 Å². The Morgan fingerprint density at radius 1 is 1.22 bits per heavy atom. The standard InChI is InChI=1S/C19H20FN5OS/c1-13(18(26)24(2)12-14-7-4-3-5-8-14)27-19-23-22-17(25(19)21)15-9-6-10-16(20)11-15/h3-11,13H,12,21H2,1-2H3/t13-/m1/s1. The van der Waals surface area contributed by atoms with Gasteiger partial charge < -0.3 is 10.7 Å². The van der Waals surface area contributed by atoms with Crippen LogP contribution in [0.2, 0.25) is 0 Å². The van der Waals surface area contributed by atoms with Crippen LogP contribution in [0.1, 0.15) is 12.5 Å². The third-order valence-electron chi connectivity index (χ3n) is 4.02. The molecule has 1 amide bonds. The number of rotatable bonds is 6. The van der Waals surface area contributed by atoms with Gasteiger partial charge in [-0.05, 0) is 24.6 Å². The SMILES string of the molecule is C[C@@H](Sc1nnc(-c2cccc(F)c2)n1N)C(=O)N(C)Cc1ccccc1. The molecule has 2 aromatic carbocycles. The van der Waals surface area contributed by atoms with Crippen molar-refractivity contribution >= 4 is 17.7 Å². The molecule has 0 bridgehead atoms. The van der Waals surface area contributed by atoms with Gasteiger partial charge in [0, 0.05) is 19.2 Å². The highest BCUT2D eigenvalue weighted by atomic mass is 32.2. The maximum Gasteiger partial charge on any atom is 0.235 e. The average molecular weight is 385 g/mol. The van der Waals surface area contributed by atoms with Crippen LogP contribution >= 0.6 is 11.8 Å². The van der Waals surface area contributed by atoms with E-state index in [0.717, 1.165) is 5.56 Å². The van der Waals surface area contributed by atoms with E-state index in [-0.39, 0.29) is 11.7 Å². The summed E-state index contributed by atoms with van der Waals surface area (Å²) in [7, 11) is 1.76. The van der Waals surface area contributed by atoms with E-state index in [1.807, 2.05) is 30.3 Å². The number of carbonyl (C=O) groups is 1. The second-order valence-electron chi connectivity index (χ2n) is 6.13. The Hall–Kier alpha value is -2.87. The number of hydrogen-bond acceptors (Lipinski definition) is 5. The highest BCUT2D eigenvalue weighted by Gasteiger charge is 2.22. The molecule has 8 heteroatoms. The number of amides is 1. The van der Waals surface area contributed by atoms with Gasteiger partial charge in [0.1, 0.15) is 5.82 Å². The Morgan fingerprint density at radius 2 is 1.96 bits per heavy atom. The van der Waals surface area contributed by atoms with Crippen molar-refractivity contribution in [2.75, 3.05) is 12.9 Å². The van der Waals surface area contributed by atoms with Gasteiger partial charge in [0.05, 0.1) is 5.25 Å². The predicted molar refractivity (Wildman–Crippen MR) is 104 cm³/mol. The zero-order valence-electron chi connectivity index (χ0n) is 15.0. The first kappa shape index (κ1) is 18.9. The molecule has 3 aromatic rings. The van der Waals surface area contributed by atoms with Gasteiger partial charge in [0.2, 0.25) is 11.1 Å². The van der Waals surface area contributed by atoms with Crippen molar-refractivity contribution in [3.05, 3.63) is 66.0 Å². The van der Waals surface area contributed by atoms with E-state index in [4.69, 9.17) is 5.84 Å².